The minimum absolute atomic E-state index is 0.417. The molecule has 5 heteroatoms. The van der Waals surface area contributed by atoms with Crippen molar-refractivity contribution in [3.63, 3.8) is 0 Å². The lowest BCUT2D eigenvalue weighted by molar-refractivity contribution is 0.0635. The fourth-order valence-corrected chi connectivity index (χ4v) is 1.28. The maximum Gasteiger partial charge on any atom is 0.412 e. The molecule has 18 heavy (non-hydrogen) atoms. The Balaban J connectivity index is 2.89. The highest BCUT2D eigenvalue weighted by Crippen LogP contribution is 2.29. The fraction of sp³-hybridized carbons (Fsp3) is 0.385. The van der Waals surface area contributed by atoms with Crippen molar-refractivity contribution in [2.45, 2.75) is 26.4 Å². The van der Waals surface area contributed by atoms with Crippen LogP contribution in [0.2, 0.25) is 0 Å². The predicted molar refractivity (Wildman–Crippen MR) is 69.1 cm³/mol. The summed E-state index contributed by atoms with van der Waals surface area (Å²) in [6.07, 6.45) is -0.581. The van der Waals surface area contributed by atoms with Gasteiger partial charge in [-0.25, -0.2) is 9.64 Å². The van der Waals surface area contributed by atoms with Gasteiger partial charge in [-0.15, -0.1) is 0 Å². The number of carbonyl (C=O) groups is 1. The Bertz CT molecular complexity index is 484. The Morgan fingerprint density at radius 2 is 2.06 bits per heavy atom. The molecule has 0 atom stereocenters. The second kappa shape index (κ2) is 5.41. The molecule has 0 aliphatic carbocycles. The van der Waals surface area contributed by atoms with E-state index in [0.717, 1.165) is 0 Å². The van der Waals surface area contributed by atoms with Crippen LogP contribution in [0.3, 0.4) is 0 Å². The summed E-state index contributed by atoms with van der Waals surface area (Å²) in [7, 11) is 1.49. The number of anilines is 1. The molecule has 0 bridgehead atoms. The summed E-state index contributed by atoms with van der Waals surface area (Å²) >= 11 is 0. The van der Waals surface area contributed by atoms with E-state index in [-0.39, 0.29) is 0 Å². The third-order valence-electron chi connectivity index (χ3n) is 1.95. The molecule has 1 N–H and O–H groups in total. The normalized spacial score (nSPS) is 10.4. The van der Waals surface area contributed by atoms with Crippen molar-refractivity contribution in [1.29, 1.82) is 0 Å². The van der Waals surface area contributed by atoms with E-state index in [0.29, 0.717) is 17.1 Å². The number of hydrogen-bond donors (Lipinski definition) is 1. The lowest BCUT2D eigenvalue weighted by atomic mass is 10.2. The largest absolute Gasteiger partial charge is 0.495 e. The monoisotopic (exact) mass is 248 g/mol. The summed E-state index contributed by atoms with van der Waals surface area (Å²) in [6.45, 7) is 12.3. The standard InChI is InChI=1S/C13H16N2O3/c1-13(2,3)18-12(16)15-10-8-9(14-4)6-7-11(10)17-5/h6-8H,1-3,5H3,(H,15,16). The summed E-state index contributed by atoms with van der Waals surface area (Å²) in [6, 6.07) is 4.78. The topological polar surface area (TPSA) is 51.9 Å². The van der Waals surface area contributed by atoms with Crippen LogP contribution in [0.15, 0.2) is 18.2 Å². The van der Waals surface area contributed by atoms with E-state index in [1.54, 1.807) is 32.9 Å². The Labute approximate surface area is 107 Å². The zero-order chi connectivity index (χ0) is 13.8. The number of amides is 1. The Hall–Kier alpha value is -2.22. The van der Waals surface area contributed by atoms with Crippen molar-refractivity contribution < 1.29 is 14.3 Å². The van der Waals surface area contributed by atoms with Crippen LogP contribution in [-0.4, -0.2) is 18.8 Å². The number of nitrogens with one attached hydrogen (secondary N) is 1. The first-order chi connectivity index (χ1) is 8.35. The van der Waals surface area contributed by atoms with Crippen LogP contribution in [0.4, 0.5) is 16.2 Å². The fourth-order valence-electron chi connectivity index (χ4n) is 1.28. The van der Waals surface area contributed by atoms with Crippen molar-refractivity contribution >= 4 is 17.5 Å². The number of ether oxygens (including phenoxy) is 2. The third-order valence-corrected chi connectivity index (χ3v) is 1.95. The van der Waals surface area contributed by atoms with Gasteiger partial charge >= 0.3 is 6.09 Å². The van der Waals surface area contributed by atoms with Crippen LogP contribution < -0.4 is 10.1 Å². The number of rotatable bonds is 2. The molecular weight excluding hydrogens is 232 g/mol. The minimum atomic E-state index is -0.581. The minimum Gasteiger partial charge on any atom is -0.495 e. The van der Waals surface area contributed by atoms with E-state index < -0.39 is 11.7 Å². The summed E-state index contributed by atoms with van der Waals surface area (Å²) in [5.41, 5.74) is 0.261. The van der Waals surface area contributed by atoms with E-state index >= 15 is 0 Å². The maximum atomic E-state index is 11.6. The molecule has 0 spiro atoms. The molecule has 5 nitrogen and oxygen atoms in total. The average Bonchev–Trinajstić information content (AvgIpc) is 2.26. The highest BCUT2D eigenvalue weighted by Gasteiger charge is 2.17. The average molecular weight is 248 g/mol. The summed E-state index contributed by atoms with van der Waals surface area (Å²) in [5, 5.41) is 2.56. The molecule has 0 saturated heterocycles. The number of benzene rings is 1. The molecule has 0 saturated carbocycles. The van der Waals surface area contributed by atoms with Crippen LogP contribution in [0.1, 0.15) is 20.8 Å². The van der Waals surface area contributed by atoms with Crippen LogP contribution in [0.25, 0.3) is 4.85 Å². The first-order valence-corrected chi connectivity index (χ1v) is 5.41. The van der Waals surface area contributed by atoms with Gasteiger partial charge in [0, 0.05) is 0 Å². The van der Waals surface area contributed by atoms with Gasteiger partial charge in [-0.2, -0.15) is 0 Å². The number of nitrogens with zero attached hydrogens (tertiary/aromatic N) is 1. The molecule has 0 radical (unpaired) electrons. The molecular formula is C13H16N2O3. The van der Waals surface area contributed by atoms with Gasteiger partial charge in [-0.1, -0.05) is 6.07 Å². The number of methoxy groups -OCH3 is 1. The molecule has 1 aromatic rings. The van der Waals surface area contributed by atoms with Gasteiger partial charge in [-0.05, 0) is 32.9 Å². The van der Waals surface area contributed by atoms with Gasteiger partial charge in [0.15, 0.2) is 5.69 Å². The van der Waals surface area contributed by atoms with Crippen LogP contribution in [0, 0.1) is 6.57 Å². The van der Waals surface area contributed by atoms with Crippen molar-refractivity contribution in [2.75, 3.05) is 12.4 Å². The predicted octanol–water partition coefficient (Wildman–Crippen LogP) is 3.59. The smallest absolute Gasteiger partial charge is 0.412 e. The second-order valence-corrected chi connectivity index (χ2v) is 4.62. The molecule has 1 amide bonds. The van der Waals surface area contributed by atoms with Crippen molar-refractivity contribution in [3.8, 4) is 5.75 Å². The highest BCUT2D eigenvalue weighted by atomic mass is 16.6. The third kappa shape index (κ3) is 3.98. The first-order valence-electron chi connectivity index (χ1n) is 5.41. The number of carbonyl (C=O) groups excluding carboxylic acids is 1. The van der Waals surface area contributed by atoms with Gasteiger partial charge in [-0.3, -0.25) is 5.32 Å². The van der Waals surface area contributed by atoms with Gasteiger partial charge < -0.3 is 9.47 Å². The van der Waals surface area contributed by atoms with E-state index in [4.69, 9.17) is 16.0 Å². The summed E-state index contributed by atoms with van der Waals surface area (Å²) in [4.78, 5) is 14.9. The van der Waals surface area contributed by atoms with Crippen molar-refractivity contribution in [2.24, 2.45) is 0 Å². The Morgan fingerprint density at radius 1 is 1.39 bits per heavy atom. The molecule has 0 fully saturated rings. The lowest BCUT2D eigenvalue weighted by Gasteiger charge is -2.20. The SMILES string of the molecule is [C-]#[N+]c1ccc(OC)c(NC(=O)OC(C)(C)C)c1. The van der Waals surface area contributed by atoms with E-state index in [1.165, 1.54) is 13.2 Å². The molecule has 1 aromatic carbocycles. The van der Waals surface area contributed by atoms with E-state index in [2.05, 4.69) is 10.2 Å². The first kappa shape index (κ1) is 13.8. The quantitative estimate of drug-likeness (QED) is 0.814. The Kier molecular flexibility index (Phi) is 4.16. The van der Waals surface area contributed by atoms with Crippen LogP contribution in [-0.2, 0) is 4.74 Å². The Morgan fingerprint density at radius 3 is 2.56 bits per heavy atom. The molecule has 96 valence electrons. The van der Waals surface area contributed by atoms with Gasteiger partial charge in [0.2, 0.25) is 0 Å². The summed E-state index contributed by atoms with van der Waals surface area (Å²) < 4.78 is 10.2. The lowest BCUT2D eigenvalue weighted by Crippen LogP contribution is -2.27. The van der Waals surface area contributed by atoms with E-state index in [1.807, 2.05) is 0 Å². The zero-order valence-electron chi connectivity index (χ0n) is 10.9. The van der Waals surface area contributed by atoms with Crippen molar-refractivity contribution in [3.05, 3.63) is 29.6 Å². The molecule has 1 rings (SSSR count). The van der Waals surface area contributed by atoms with Crippen LogP contribution in [0.5, 0.6) is 5.75 Å². The molecule has 0 unspecified atom stereocenters. The maximum absolute atomic E-state index is 11.6. The van der Waals surface area contributed by atoms with Gasteiger partial charge in [0.1, 0.15) is 11.4 Å². The molecule has 0 heterocycles. The van der Waals surface area contributed by atoms with E-state index in [9.17, 15) is 4.79 Å². The van der Waals surface area contributed by atoms with Crippen LogP contribution >= 0.6 is 0 Å². The molecule has 0 aromatic heterocycles. The molecule has 0 aliphatic heterocycles. The van der Waals surface area contributed by atoms with Crippen molar-refractivity contribution in [1.82, 2.24) is 0 Å². The zero-order valence-corrected chi connectivity index (χ0v) is 10.9. The highest BCUT2D eigenvalue weighted by molar-refractivity contribution is 5.88. The second-order valence-electron chi connectivity index (χ2n) is 4.62. The van der Waals surface area contributed by atoms with Gasteiger partial charge in [0.05, 0.1) is 19.4 Å². The van der Waals surface area contributed by atoms with Gasteiger partial charge in [0.25, 0.3) is 0 Å². The number of hydrogen-bond acceptors (Lipinski definition) is 3. The molecule has 0 aliphatic rings. The summed E-state index contributed by atoms with van der Waals surface area (Å²) in [5.74, 6) is 0.480.